The van der Waals surface area contributed by atoms with Gasteiger partial charge in [-0.1, -0.05) is 31.3 Å². The number of hydrogen-bond acceptors (Lipinski definition) is 3. The van der Waals surface area contributed by atoms with E-state index in [0.29, 0.717) is 12.1 Å². The topological polar surface area (TPSA) is 57.2 Å². The van der Waals surface area contributed by atoms with E-state index in [0.717, 1.165) is 23.4 Å². The number of benzene rings is 1. The van der Waals surface area contributed by atoms with Crippen molar-refractivity contribution in [2.75, 3.05) is 7.11 Å². The molecule has 1 heterocycles. The van der Waals surface area contributed by atoms with Crippen molar-refractivity contribution in [3.63, 3.8) is 0 Å². The molecule has 5 heteroatoms. The number of para-hydroxylation sites is 1. The second-order valence-electron chi connectivity index (χ2n) is 4.65. The molecular weight excluding hydrogens is 284 g/mol. The standard InChI is InChI=1S/C16H18N2O2S/c1-3-10-18-13(9-8-12(15(17)21)16(18)19)11-6-4-5-7-14(11)20-2/h4-9H,3,10H2,1-2H3,(H2,17,21). The van der Waals surface area contributed by atoms with Crippen molar-refractivity contribution in [3.8, 4) is 17.0 Å². The monoisotopic (exact) mass is 302 g/mol. The molecule has 0 aliphatic carbocycles. The number of ether oxygens (including phenoxy) is 1. The molecule has 0 atom stereocenters. The highest BCUT2D eigenvalue weighted by atomic mass is 32.1. The van der Waals surface area contributed by atoms with Crippen LogP contribution in [0.25, 0.3) is 11.3 Å². The van der Waals surface area contributed by atoms with Crippen molar-refractivity contribution in [1.29, 1.82) is 0 Å². The molecule has 0 radical (unpaired) electrons. The van der Waals surface area contributed by atoms with Crippen LogP contribution < -0.4 is 16.0 Å². The van der Waals surface area contributed by atoms with E-state index in [1.165, 1.54) is 0 Å². The number of nitrogens with two attached hydrogens (primary N) is 1. The van der Waals surface area contributed by atoms with Crippen molar-refractivity contribution in [1.82, 2.24) is 4.57 Å². The van der Waals surface area contributed by atoms with Crippen molar-refractivity contribution >= 4 is 17.2 Å². The van der Waals surface area contributed by atoms with Crippen LogP contribution in [0.5, 0.6) is 5.75 Å². The summed E-state index contributed by atoms with van der Waals surface area (Å²) in [6.07, 6.45) is 0.836. The molecule has 0 saturated heterocycles. The fraction of sp³-hybridized carbons (Fsp3) is 0.250. The maximum atomic E-state index is 12.5. The molecule has 1 aromatic heterocycles. The summed E-state index contributed by atoms with van der Waals surface area (Å²) in [7, 11) is 1.62. The third-order valence-electron chi connectivity index (χ3n) is 3.27. The molecule has 0 bridgehead atoms. The third-order valence-corrected chi connectivity index (χ3v) is 3.49. The summed E-state index contributed by atoms with van der Waals surface area (Å²) in [6.45, 7) is 2.62. The van der Waals surface area contributed by atoms with Crippen LogP contribution in [0.15, 0.2) is 41.2 Å². The molecule has 2 N–H and O–H groups in total. The number of hydrogen-bond donors (Lipinski definition) is 1. The van der Waals surface area contributed by atoms with Gasteiger partial charge < -0.3 is 15.0 Å². The Morgan fingerprint density at radius 2 is 2.00 bits per heavy atom. The second-order valence-corrected chi connectivity index (χ2v) is 5.09. The number of aromatic nitrogens is 1. The normalized spacial score (nSPS) is 10.4. The highest BCUT2D eigenvalue weighted by molar-refractivity contribution is 7.80. The molecule has 0 spiro atoms. The lowest BCUT2D eigenvalue weighted by Crippen LogP contribution is -2.30. The predicted molar refractivity (Wildman–Crippen MR) is 88.9 cm³/mol. The smallest absolute Gasteiger partial charge is 0.261 e. The number of pyridine rings is 1. The highest BCUT2D eigenvalue weighted by Crippen LogP contribution is 2.29. The molecule has 4 nitrogen and oxygen atoms in total. The van der Waals surface area contributed by atoms with Gasteiger partial charge in [0.2, 0.25) is 0 Å². The van der Waals surface area contributed by atoms with Crippen molar-refractivity contribution in [2.24, 2.45) is 5.73 Å². The molecule has 2 aromatic rings. The average molecular weight is 302 g/mol. The van der Waals surface area contributed by atoms with E-state index in [9.17, 15) is 4.79 Å². The maximum absolute atomic E-state index is 12.5. The van der Waals surface area contributed by atoms with E-state index in [2.05, 4.69) is 0 Å². The van der Waals surface area contributed by atoms with Crippen LogP contribution in [-0.4, -0.2) is 16.7 Å². The largest absolute Gasteiger partial charge is 0.496 e. The maximum Gasteiger partial charge on any atom is 0.261 e. The number of thiocarbonyl (C=S) groups is 1. The van der Waals surface area contributed by atoms with E-state index >= 15 is 0 Å². The summed E-state index contributed by atoms with van der Waals surface area (Å²) in [6, 6.07) is 11.2. The summed E-state index contributed by atoms with van der Waals surface area (Å²) in [5.74, 6) is 0.727. The van der Waals surface area contributed by atoms with Gasteiger partial charge in [0.25, 0.3) is 5.56 Å². The van der Waals surface area contributed by atoms with Crippen LogP contribution in [0.1, 0.15) is 18.9 Å². The van der Waals surface area contributed by atoms with Gasteiger partial charge in [0.15, 0.2) is 0 Å². The first-order chi connectivity index (χ1) is 10.1. The average Bonchev–Trinajstić information content (AvgIpc) is 2.49. The Bertz CT molecular complexity index is 722. The minimum absolute atomic E-state index is 0.122. The zero-order chi connectivity index (χ0) is 15.4. The molecule has 2 rings (SSSR count). The van der Waals surface area contributed by atoms with Gasteiger partial charge in [-0.25, -0.2) is 0 Å². The van der Waals surface area contributed by atoms with E-state index in [4.69, 9.17) is 22.7 Å². The Balaban J connectivity index is 2.72. The lowest BCUT2D eigenvalue weighted by Gasteiger charge is -2.16. The van der Waals surface area contributed by atoms with Gasteiger partial charge in [0, 0.05) is 12.1 Å². The Labute approximate surface area is 129 Å². The van der Waals surface area contributed by atoms with Crippen LogP contribution >= 0.6 is 12.2 Å². The Hall–Kier alpha value is -2.14. The predicted octanol–water partition coefficient (Wildman–Crippen LogP) is 2.57. The lowest BCUT2D eigenvalue weighted by atomic mass is 10.1. The first-order valence-electron chi connectivity index (χ1n) is 6.77. The molecule has 0 aliphatic heterocycles. The zero-order valence-corrected chi connectivity index (χ0v) is 12.9. The van der Waals surface area contributed by atoms with Gasteiger partial charge in [-0.05, 0) is 30.7 Å². The van der Waals surface area contributed by atoms with Crippen molar-refractivity contribution in [3.05, 3.63) is 52.3 Å². The Kier molecular flexibility index (Phi) is 4.75. The summed E-state index contributed by atoms with van der Waals surface area (Å²) in [5, 5.41) is 0. The van der Waals surface area contributed by atoms with Gasteiger partial charge in [-0.15, -0.1) is 0 Å². The van der Waals surface area contributed by atoms with Gasteiger partial charge in [0.05, 0.1) is 18.4 Å². The molecule has 110 valence electrons. The van der Waals surface area contributed by atoms with Crippen molar-refractivity contribution < 1.29 is 4.74 Å². The SMILES string of the molecule is CCCn1c(-c2ccccc2OC)ccc(C(N)=S)c1=O. The summed E-state index contributed by atoms with van der Waals surface area (Å²) < 4.78 is 7.09. The minimum Gasteiger partial charge on any atom is -0.496 e. The summed E-state index contributed by atoms with van der Waals surface area (Å²) in [5.41, 5.74) is 7.51. The lowest BCUT2D eigenvalue weighted by molar-refractivity contribution is 0.416. The first kappa shape index (κ1) is 15.3. The molecule has 0 unspecified atom stereocenters. The first-order valence-corrected chi connectivity index (χ1v) is 7.18. The van der Waals surface area contributed by atoms with Crippen LogP contribution in [0.3, 0.4) is 0 Å². The Morgan fingerprint density at radius 1 is 1.29 bits per heavy atom. The molecule has 0 amide bonds. The number of rotatable bonds is 5. The van der Waals surface area contributed by atoms with E-state index in [-0.39, 0.29) is 10.5 Å². The molecule has 0 fully saturated rings. The van der Waals surface area contributed by atoms with Crippen LogP contribution in [0.4, 0.5) is 0 Å². The van der Waals surface area contributed by atoms with Crippen molar-refractivity contribution in [2.45, 2.75) is 19.9 Å². The molecular formula is C16H18N2O2S. The highest BCUT2D eigenvalue weighted by Gasteiger charge is 2.14. The second kappa shape index (κ2) is 6.54. The molecule has 1 aromatic carbocycles. The third kappa shape index (κ3) is 2.97. The quantitative estimate of drug-likeness (QED) is 0.863. The Morgan fingerprint density at radius 3 is 2.62 bits per heavy atom. The van der Waals surface area contributed by atoms with E-state index in [1.807, 2.05) is 37.3 Å². The number of methoxy groups -OCH3 is 1. The van der Waals surface area contributed by atoms with Crippen LogP contribution in [-0.2, 0) is 6.54 Å². The van der Waals surface area contributed by atoms with E-state index < -0.39 is 0 Å². The van der Waals surface area contributed by atoms with Crippen LogP contribution in [0.2, 0.25) is 0 Å². The zero-order valence-electron chi connectivity index (χ0n) is 12.1. The fourth-order valence-electron chi connectivity index (χ4n) is 2.30. The van der Waals surface area contributed by atoms with Gasteiger partial charge >= 0.3 is 0 Å². The summed E-state index contributed by atoms with van der Waals surface area (Å²) >= 11 is 4.94. The summed E-state index contributed by atoms with van der Waals surface area (Å²) in [4.78, 5) is 12.7. The fourth-order valence-corrected chi connectivity index (χ4v) is 2.46. The van der Waals surface area contributed by atoms with Gasteiger partial charge in [-0.2, -0.15) is 0 Å². The van der Waals surface area contributed by atoms with E-state index in [1.54, 1.807) is 17.7 Å². The molecule has 21 heavy (non-hydrogen) atoms. The minimum atomic E-state index is -0.159. The molecule has 0 saturated carbocycles. The van der Waals surface area contributed by atoms with Crippen LogP contribution in [0, 0.1) is 0 Å². The van der Waals surface area contributed by atoms with Gasteiger partial charge in [-0.3, -0.25) is 4.79 Å². The number of nitrogens with zero attached hydrogens (tertiary/aromatic N) is 1. The van der Waals surface area contributed by atoms with Gasteiger partial charge in [0.1, 0.15) is 10.7 Å². The molecule has 0 aliphatic rings.